The predicted octanol–water partition coefficient (Wildman–Crippen LogP) is 2.04. The fraction of sp³-hybridized carbons (Fsp3) is 0.333. The summed E-state index contributed by atoms with van der Waals surface area (Å²) in [6, 6.07) is 7.52. The van der Waals surface area contributed by atoms with Gasteiger partial charge in [0.2, 0.25) is 0 Å². The second kappa shape index (κ2) is 18.9. The molecule has 0 saturated carbocycles. The molecular formula is C18H32BN8O2P2Re-3. The van der Waals surface area contributed by atoms with Crippen LogP contribution >= 0.6 is 15.8 Å². The Morgan fingerprint density at radius 2 is 1.09 bits per heavy atom. The molecule has 4 heterocycles. The Morgan fingerprint density at radius 1 is 0.688 bits per heavy atom. The minimum absolute atomic E-state index is 0. The normalized spacial score (nSPS) is 9.59. The Labute approximate surface area is 206 Å². The first kappa shape index (κ1) is 32.5. The van der Waals surface area contributed by atoms with Gasteiger partial charge >= 0.3 is 7.12 Å². The van der Waals surface area contributed by atoms with Gasteiger partial charge in [0.05, 0.1) is 12.3 Å². The van der Waals surface area contributed by atoms with Crippen molar-refractivity contribution in [1.82, 2.24) is 39.3 Å². The van der Waals surface area contributed by atoms with Crippen molar-refractivity contribution in [1.29, 1.82) is 0 Å². The van der Waals surface area contributed by atoms with Crippen LogP contribution in [-0.2, 0) is 31.4 Å². The third-order valence-electron chi connectivity index (χ3n) is 4.08. The van der Waals surface area contributed by atoms with Crippen molar-refractivity contribution >= 4 is 23.0 Å². The second-order valence-electron chi connectivity index (χ2n) is 7.24. The monoisotopic (exact) mass is 652 g/mol. The molecule has 0 unspecified atom stereocenters. The minimum atomic E-state index is -1.12. The Kier molecular flexibility index (Phi) is 19.2. The van der Waals surface area contributed by atoms with Crippen LogP contribution in [0.3, 0.4) is 0 Å². The van der Waals surface area contributed by atoms with Gasteiger partial charge in [-0.2, -0.15) is 5.10 Å². The summed E-state index contributed by atoms with van der Waals surface area (Å²) < 4.78 is 5.62. The minimum Gasteiger partial charge on any atom is -2.00 e. The third-order valence-corrected chi connectivity index (χ3v) is 7.08. The molecule has 0 atom stereocenters. The predicted molar refractivity (Wildman–Crippen MR) is 130 cm³/mol. The molecule has 32 heavy (non-hydrogen) atoms. The molecule has 0 aliphatic rings. The van der Waals surface area contributed by atoms with Crippen LogP contribution in [0.4, 0.5) is 0 Å². The van der Waals surface area contributed by atoms with Crippen molar-refractivity contribution in [3.63, 3.8) is 0 Å². The van der Waals surface area contributed by atoms with Crippen LogP contribution in [0.5, 0.6) is 0 Å². The van der Waals surface area contributed by atoms with E-state index in [0.717, 1.165) is 0 Å². The van der Waals surface area contributed by atoms with E-state index in [0.29, 0.717) is 0 Å². The molecule has 0 aliphatic carbocycles. The van der Waals surface area contributed by atoms with Crippen molar-refractivity contribution in [3.05, 3.63) is 73.8 Å². The summed E-state index contributed by atoms with van der Waals surface area (Å²) in [6.07, 6.45) is 17.6. The number of H-pyrrole nitrogens is 1. The van der Waals surface area contributed by atoms with Gasteiger partial charge in [0.15, 0.2) is 0 Å². The number of aromatic amines is 1. The SMILES string of the molecule is C[PH+](C)CC[PH+](C)C.[O-2].[O-2].[Re].c1cn[nH]c1.c1cnn([BH-](n2cccn2)n2cccn2)c1. The molecule has 0 bridgehead atoms. The number of nitrogens with one attached hydrogen (secondary N) is 1. The van der Waals surface area contributed by atoms with Gasteiger partial charge in [0, 0.05) is 78.1 Å². The second-order valence-corrected chi connectivity index (χ2v) is 13.1. The van der Waals surface area contributed by atoms with Crippen LogP contribution in [0.25, 0.3) is 0 Å². The molecule has 0 spiro atoms. The smallest absolute Gasteiger partial charge is 0.325 e. The van der Waals surface area contributed by atoms with E-state index in [1.165, 1.54) is 12.3 Å². The maximum atomic E-state index is 4.26. The maximum Gasteiger partial charge on any atom is 0.325 e. The van der Waals surface area contributed by atoms with Gasteiger partial charge in [0.1, 0.15) is 0 Å². The number of hydrogen-bond acceptors (Lipinski definition) is 4. The molecule has 0 amide bonds. The molecule has 1 N–H and O–H groups in total. The van der Waals surface area contributed by atoms with E-state index < -0.39 is 7.12 Å². The van der Waals surface area contributed by atoms with Gasteiger partial charge < -0.3 is 24.7 Å². The first-order chi connectivity index (χ1) is 14.1. The maximum absolute atomic E-state index is 4.26. The average molecular weight is 651 g/mol. The number of aromatic nitrogens is 8. The van der Waals surface area contributed by atoms with E-state index in [9.17, 15) is 0 Å². The van der Waals surface area contributed by atoms with Crippen LogP contribution < -0.4 is 0 Å². The summed E-state index contributed by atoms with van der Waals surface area (Å²) in [4.78, 5) is 0. The molecule has 0 aliphatic heterocycles. The summed E-state index contributed by atoms with van der Waals surface area (Å²) in [5, 5.41) is 19.0. The summed E-state index contributed by atoms with van der Waals surface area (Å²) >= 11 is 0. The molecule has 14 heteroatoms. The van der Waals surface area contributed by atoms with Gasteiger partial charge in [-0.15, -0.1) is 0 Å². The van der Waals surface area contributed by atoms with Crippen molar-refractivity contribution in [2.45, 2.75) is 0 Å². The van der Waals surface area contributed by atoms with E-state index in [1.807, 2.05) is 56.6 Å². The van der Waals surface area contributed by atoms with Crippen molar-refractivity contribution < 1.29 is 31.4 Å². The van der Waals surface area contributed by atoms with E-state index in [1.54, 1.807) is 31.0 Å². The zero-order chi connectivity index (χ0) is 20.9. The van der Waals surface area contributed by atoms with Crippen molar-refractivity contribution in [2.75, 3.05) is 39.0 Å². The van der Waals surface area contributed by atoms with Crippen LogP contribution in [0, 0.1) is 0 Å². The van der Waals surface area contributed by atoms with Crippen LogP contribution in [-0.4, -0.2) is 85.4 Å². The van der Waals surface area contributed by atoms with Crippen LogP contribution in [0.2, 0.25) is 0 Å². The fourth-order valence-corrected chi connectivity index (χ4v) is 6.56. The summed E-state index contributed by atoms with van der Waals surface area (Å²) in [6.45, 7) is 9.59. The Balaban J connectivity index is 0. The summed E-state index contributed by atoms with van der Waals surface area (Å²) in [5.74, 6) is 0. The molecule has 4 rings (SSSR count). The number of rotatable bonds is 6. The van der Waals surface area contributed by atoms with Crippen molar-refractivity contribution in [2.24, 2.45) is 0 Å². The molecule has 0 saturated heterocycles. The number of nitrogens with zero attached hydrogens (tertiary/aromatic N) is 7. The van der Waals surface area contributed by atoms with Gasteiger partial charge in [-0.25, -0.2) is 15.3 Å². The molecular weight excluding hydrogens is 619 g/mol. The number of hydrogen-bond donors (Lipinski definition) is 1. The van der Waals surface area contributed by atoms with Gasteiger partial charge in [0.25, 0.3) is 0 Å². The van der Waals surface area contributed by atoms with Crippen molar-refractivity contribution in [3.8, 4) is 0 Å². The Hall–Kier alpha value is -1.65. The molecule has 4 aromatic rings. The third kappa shape index (κ3) is 12.4. The molecule has 4 aromatic heterocycles. The molecule has 1 radical (unpaired) electrons. The quantitative estimate of drug-likeness (QED) is 0.252. The standard InChI is InChI=1S/C9H10BN6.C6H16P2.C3H4N2.2O.Re/c1-4-11-14(7-1)10(15-8-2-5-12-15)16-9-3-6-13-16;1-7(2)5-6-8(3)4;1-2-4-5-3-1;;;/h1-10H;5-6H2,1-4H3;1-3H,(H,4,5);;;/q-1;;;2*-2;/p+2. The van der Waals surface area contributed by atoms with E-state index >= 15 is 0 Å². The first-order valence-corrected chi connectivity index (χ1v) is 15.2. The van der Waals surface area contributed by atoms with Crippen LogP contribution in [0.15, 0.2) is 73.8 Å². The van der Waals surface area contributed by atoms with E-state index in [4.69, 9.17) is 0 Å². The van der Waals surface area contributed by atoms with E-state index in [2.05, 4.69) is 52.2 Å². The first-order valence-electron chi connectivity index (χ1n) is 9.74. The summed E-state index contributed by atoms with van der Waals surface area (Å²) in [5.41, 5.74) is 0. The van der Waals surface area contributed by atoms with Crippen LogP contribution in [0.1, 0.15) is 0 Å². The molecule has 179 valence electrons. The largest absolute Gasteiger partial charge is 2.00 e. The molecule has 0 fully saturated rings. The zero-order valence-corrected chi connectivity index (χ0v) is 23.6. The zero-order valence-electron chi connectivity index (χ0n) is 18.9. The van der Waals surface area contributed by atoms with Gasteiger partial charge in [-0.1, -0.05) is 0 Å². The van der Waals surface area contributed by atoms with Gasteiger partial charge in [-0.05, 0) is 58.7 Å². The Bertz CT molecular complexity index is 741. The average Bonchev–Trinajstić information content (AvgIpc) is 3.52. The Morgan fingerprint density at radius 3 is 1.28 bits per heavy atom. The van der Waals surface area contributed by atoms with Gasteiger partial charge in [-0.3, -0.25) is 5.10 Å². The topological polar surface area (TPSA) is 139 Å². The van der Waals surface area contributed by atoms with E-state index in [-0.39, 0.29) is 47.2 Å². The summed E-state index contributed by atoms with van der Waals surface area (Å²) in [7, 11) is -0.934. The molecule has 0 aromatic carbocycles. The fourth-order valence-electron chi connectivity index (χ4n) is 2.56. The molecule has 10 nitrogen and oxygen atoms in total.